The highest BCUT2D eigenvalue weighted by molar-refractivity contribution is 6.05. The van der Waals surface area contributed by atoms with Gasteiger partial charge in [0.25, 0.3) is 5.91 Å². The van der Waals surface area contributed by atoms with E-state index in [4.69, 9.17) is 4.42 Å². The Labute approximate surface area is 164 Å². The second kappa shape index (κ2) is 7.39. The summed E-state index contributed by atoms with van der Waals surface area (Å²) in [5.41, 5.74) is 4.72. The number of carbonyl (C=O) groups is 1. The fourth-order valence-corrected chi connectivity index (χ4v) is 3.52. The molecule has 3 aromatic carbocycles. The third-order valence-corrected chi connectivity index (χ3v) is 5.01. The van der Waals surface area contributed by atoms with Crippen LogP contribution in [0.15, 0.2) is 71.1 Å². The van der Waals surface area contributed by atoms with E-state index in [0.29, 0.717) is 5.56 Å². The van der Waals surface area contributed by atoms with Gasteiger partial charge in [0.05, 0.1) is 0 Å². The molecule has 1 amide bonds. The average molecular weight is 372 g/mol. The molecule has 0 saturated carbocycles. The molecule has 0 bridgehead atoms. The van der Waals surface area contributed by atoms with E-state index in [-0.39, 0.29) is 11.9 Å². The zero-order valence-electron chi connectivity index (χ0n) is 16.4. The van der Waals surface area contributed by atoms with Crippen LogP contribution in [0.1, 0.15) is 22.8 Å². The Hall–Kier alpha value is -3.27. The Bertz CT molecular complexity index is 1130. The Morgan fingerprint density at radius 2 is 1.68 bits per heavy atom. The minimum atomic E-state index is -0.0485. The summed E-state index contributed by atoms with van der Waals surface area (Å²) in [6.45, 7) is 2.03. The van der Waals surface area contributed by atoms with Crippen molar-refractivity contribution in [3.05, 3.63) is 77.9 Å². The molecule has 1 atom stereocenters. The number of para-hydroxylation sites is 1. The standard InChI is InChI=1S/C24H24N2O2/c1-16(25-24(27)18-9-11-19(12-10-18)26(2)3)14-17-8-13-23-21(15-17)20-6-4-5-7-22(20)28-23/h4-13,15-16H,14H2,1-3H3,(H,25,27). The van der Waals surface area contributed by atoms with Gasteiger partial charge in [-0.3, -0.25) is 4.79 Å². The largest absolute Gasteiger partial charge is 0.456 e. The van der Waals surface area contributed by atoms with Crippen LogP contribution in [0.4, 0.5) is 5.69 Å². The van der Waals surface area contributed by atoms with Crippen LogP contribution in [-0.4, -0.2) is 26.0 Å². The van der Waals surface area contributed by atoms with Gasteiger partial charge in [0.1, 0.15) is 11.2 Å². The van der Waals surface area contributed by atoms with E-state index in [1.807, 2.05) is 74.4 Å². The third-order valence-electron chi connectivity index (χ3n) is 5.01. The third kappa shape index (κ3) is 3.58. The zero-order valence-corrected chi connectivity index (χ0v) is 16.4. The van der Waals surface area contributed by atoms with Gasteiger partial charge in [0.15, 0.2) is 0 Å². The number of hydrogen-bond donors (Lipinski definition) is 1. The molecule has 4 aromatic rings. The van der Waals surface area contributed by atoms with E-state index < -0.39 is 0 Å². The molecule has 0 fully saturated rings. The number of furan rings is 1. The summed E-state index contributed by atoms with van der Waals surface area (Å²) in [5, 5.41) is 5.34. The second-order valence-corrected chi connectivity index (χ2v) is 7.45. The highest BCUT2D eigenvalue weighted by Crippen LogP contribution is 2.29. The summed E-state index contributed by atoms with van der Waals surface area (Å²) in [5.74, 6) is -0.0485. The molecule has 142 valence electrons. The summed E-state index contributed by atoms with van der Waals surface area (Å²) < 4.78 is 5.89. The Kier molecular flexibility index (Phi) is 4.78. The smallest absolute Gasteiger partial charge is 0.251 e. The highest BCUT2D eigenvalue weighted by atomic mass is 16.3. The molecule has 0 radical (unpaired) electrons. The fourth-order valence-electron chi connectivity index (χ4n) is 3.52. The number of rotatable bonds is 5. The van der Waals surface area contributed by atoms with Gasteiger partial charge in [-0.15, -0.1) is 0 Å². The first-order valence-electron chi connectivity index (χ1n) is 9.49. The number of hydrogen-bond acceptors (Lipinski definition) is 3. The number of fused-ring (bicyclic) bond motifs is 3. The molecule has 1 N–H and O–H groups in total. The van der Waals surface area contributed by atoms with Gasteiger partial charge >= 0.3 is 0 Å². The van der Waals surface area contributed by atoms with Crippen molar-refractivity contribution in [2.75, 3.05) is 19.0 Å². The fraction of sp³-hybridized carbons (Fsp3) is 0.208. The summed E-state index contributed by atoms with van der Waals surface area (Å²) in [7, 11) is 3.97. The van der Waals surface area contributed by atoms with Gasteiger partial charge in [-0.1, -0.05) is 24.3 Å². The Balaban J connectivity index is 1.47. The van der Waals surface area contributed by atoms with Crippen LogP contribution in [0.25, 0.3) is 21.9 Å². The minimum Gasteiger partial charge on any atom is -0.456 e. The molecule has 0 aliphatic heterocycles. The van der Waals surface area contributed by atoms with Crippen LogP contribution >= 0.6 is 0 Å². The van der Waals surface area contributed by atoms with Crippen LogP contribution in [0.2, 0.25) is 0 Å². The van der Waals surface area contributed by atoms with E-state index in [9.17, 15) is 4.79 Å². The summed E-state index contributed by atoms with van der Waals surface area (Å²) >= 11 is 0. The maximum Gasteiger partial charge on any atom is 0.251 e. The molecule has 0 saturated heterocycles. The van der Waals surface area contributed by atoms with Gasteiger partial charge < -0.3 is 14.6 Å². The molecule has 4 rings (SSSR count). The summed E-state index contributed by atoms with van der Waals surface area (Å²) in [6.07, 6.45) is 0.761. The van der Waals surface area contributed by atoms with Crippen molar-refractivity contribution >= 4 is 33.5 Å². The first-order valence-corrected chi connectivity index (χ1v) is 9.49. The molecule has 4 heteroatoms. The van der Waals surface area contributed by atoms with Crippen LogP contribution < -0.4 is 10.2 Å². The van der Waals surface area contributed by atoms with Crippen molar-refractivity contribution in [3.63, 3.8) is 0 Å². The van der Waals surface area contributed by atoms with Crippen molar-refractivity contribution in [3.8, 4) is 0 Å². The molecule has 28 heavy (non-hydrogen) atoms. The van der Waals surface area contributed by atoms with Crippen LogP contribution in [0, 0.1) is 0 Å². The van der Waals surface area contributed by atoms with Crippen molar-refractivity contribution in [2.24, 2.45) is 0 Å². The Morgan fingerprint density at radius 1 is 0.964 bits per heavy atom. The van der Waals surface area contributed by atoms with Gasteiger partial charge in [-0.05, 0) is 61.4 Å². The number of anilines is 1. The van der Waals surface area contributed by atoms with Crippen LogP contribution in [-0.2, 0) is 6.42 Å². The van der Waals surface area contributed by atoms with E-state index in [1.165, 1.54) is 5.56 Å². The molecule has 0 spiro atoms. The maximum atomic E-state index is 12.5. The van der Waals surface area contributed by atoms with Crippen LogP contribution in [0.5, 0.6) is 0 Å². The molecule has 1 aromatic heterocycles. The second-order valence-electron chi connectivity index (χ2n) is 7.45. The van der Waals surface area contributed by atoms with Gasteiger partial charge in [0, 0.05) is 42.2 Å². The van der Waals surface area contributed by atoms with E-state index in [0.717, 1.165) is 34.0 Å². The predicted molar refractivity (Wildman–Crippen MR) is 115 cm³/mol. The van der Waals surface area contributed by atoms with Gasteiger partial charge in [0.2, 0.25) is 0 Å². The molecule has 0 aliphatic rings. The van der Waals surface area contributed by atoms with Crippen molar-refractivity contribution < 1.29 is 9.21 Å². The zero-order chi connectivity index (χ0) is 19.7. The number of carbonyl (C=O) groups excluding carboxylic acids is 1. The summed E-state index contributed by atoms with van der Waals surface area (Å²) in [4.78, 5) is 14.5. The first-order chi connectivity index (χ1) is 13.5. The van der Waals surface area contributed by atoms with Gasteiger partial charge in [-0.25, -0.2) is 0 Å². The molecule has 0 aliphatic carbocycles. The average Bonchev–Trinajstić information content (AvgIpc) is 3.06. The minimum absolute atomic E-state index is 0.0247. The number of nitrogens with zero attached hydrogens (tertiary/aromatic N) is 1. The molecular formula is C24H24N2O2. The SMILES string of the molecule is CC(Cc1ccc2oc3ccccc3c2c1)NC(=O)c1ccc(N(C)C)cc1. The van der Waals surface area contributed by atoms with E-state index in [1.54, 1.807) is 0 Å². The van der Waals surface area contributed by atoms with Crippen LogP contribution in [0.3, 0.4) is 0 Å². The maximum absolute atomic E-state index is 12.5. The first kappa shape index (κ1) is 18.1. The quantitative estimate of drug-likeness (QED) is 0.535. The number of benzene rings is 3. The van der Waals surface area contributed by atoms with E-state index in [2.05, 4.69) is 23.5 Å². The molecule has 1 heterocycles. The van der Waals surface area contributed by atoms with Crippen molar-refractivity contribution in [1.82, 2.24) is 5.32 Å². The summed E-state index contributed by atoms with van der Waals surface area (Å²) in [6, 6.07) is 22.0. The highest BCUT2D eigenvalue weighted by Gasteiger charge is 2.12. The lowest BCUT2D eigenvalue weighted by atomic mass is 10.0. The van der Waals surface area contributed by atoms with Crippen molar-refractivity contribution in [1.29, 1.82) is 0 Å². The molecular weight excluding hydrogens is 348 g/mol. The normalized spacial score (nSPS) is 12.2. The molecule has 4 nitrogen and oxygen atoms in total. The molecule has 1 unspecified atom stereocenters. The van der Waals surface area contributed by atoms with Crippen molar-refractivity contribution in [2.45, 2.75) is 19.4 Å². The topological polar surface area (TPSA) is 45.5 Å². The lowest BCUT2D eigenvalue weighted by molar-refractivity contribution is 0.0940. The Morgan fingerprint density at radius 3 is 2.43 bits per heavy atom. The predicted octanol–water partition coefficient (Wildman–Crippen LogP) is 5.01. The van der Waals surface area contributed by atoms with E-state index >= 15 is 0 Å². The van der Waals surface area contributed by atoms with Gasteiger partial charge in [-0.2, -0.15) is 0 Å². The monoisotopic (exact) mass is 372 g/mol. The number of nitrogens with one attached hydrogen (secondary N) is 1. The lowest BCUT2D eigenvalue weighted by Crippen LogP contribution is -2.34. The number of amides is 1. The lowest BCUT2D eigenvalue weighted by Gasteiger charge is -2.15.